The third-order valence-electron chi connectivity index (χ3n) is 3.31. The Hall–Kier alpha value is -1.02. The Morgan fingerprint density at radius 3 is 2.47 bits per heavy atom. The van der Waals surface area contributed by atoms with E-state index in [0.717, 1.165) is 29.5 Å². The van der Waals surface area contributed by atoms with Crippen molar-refractivity contribution in [3.8, 4) is 0 Å². The van der Waals surface area contributed by atoms with Gasteiger partial charge in [0, 0.05) is 5.02 Å². The predicted octanol–water partition coefficient (Wildman–Crippen LogP) is 3.07. The second kappa shape index (κ2) is 3.24. The molecule has 1 aromatic rings. The summed E-state index contributed by atoms with van der Waals surface area (Å²) >= 11 is 5.97. The molecule has 0 aromatic heterocycles. The molecule has 2 nitrogen and oxygen atoms in total. The molecule has 3 heteroatoms. The smallest absolute Gasteiger partial charge is 0.314 e. The summed E-state index contributed by atoms with van der Waals surface area (Å²) in [4.78, 5) is 11.2. The number of hydrogen-bond acceptors (Lipinski definition) is 1. The number of hydrogen-bond donors (Lipinski definition) is 1. The summed E-state index contributed by atoms with van der Waals surface area (Å²) in [6.07, 6.45) is 1.45. The monoisotopic (exact) mass is 224 g/mol. The van der Waals surface area contributed by atoms with E-state index >= 15 is 0 Å². The number of halogens is 1. The van der Waals surface area contributed by atoms with Crippen LogP contribution in [0.15, 0.2) is 12.1 Å². The van der Waals surface area contributed by atoms with Crippen molar-refractivity contribution in [1.29, 1.82) is 0 Å². The summed E-state index contributed by atoms with van der Waals surface area (Å²) in [7, 11) is 0. The van der Waals surface area contributed by atoms with Crippen molar-refractivity contribution in [2.24, 2.45) is 0 Å². The minimum Gasteiger partial charge on any atom is -0.481 e. The van der Waals surface area contributed by atoms with Gasteiger partial charge in [-0.2, -0.15) is 0 Å². The molecule has 80 valence electrons. The highest BCUT2D eigenvalue weighted by atomic mass is 35.5. The van der Waals surface area contributed by atoms with Crippen LogP contribution in [0, 0.1) is 13.8 Å². The van der Waals surface area contributed by atoms with Crippen LogP contribution in [-0.4, -0.2) is 11.1 Å². The van der Waals surface area contributed by atoms with Crippen molar-refractivity contribution >= 4 is 17.6 Å². The Morgan fingerprint density at radius 1 is 1.40 bits per heavy atom. The van der Waals surface area contributed by atoms with Crippen molar-refractivity contribution in [3.05, 3.63) is 33.8 Å². The first-order chi connectivity index (χ1) is 6.97. The van der Waals surface area contributed by atoms with Crippen molar-refractivity contribution in [2.45, 2.75) is 32.1 Å². The number of carboxylic acids is 1. The van der Waals surface area contributed by atoms with Gasteiger partial charge in [-0.3, -0.25) is 4.79 Å². The molecule has 0 atom stereocenters. The van der Waals surface area contributed by atoms with Crippen molar-refractivity contribution in [2.75, 3.05) is 0 Å². The Bertz CT molecular complexity index is 433. The number of benzene rings is 1. The van der Waals surface area contributed by atoms with E-state index in [2.05, 4.69) is 0 Å². The van der Waals surface area contributed by atoms with Gasteiger partial charge in [-0.25, -0.2) is 0 Å². The second-order valence-corrected chi connectivity index (χ2v) is 4.72. The van der Waals surface area contributed by atoms with E-state index in [0.29, 0.717) is 5.02 Å². The van der Waals surface area contributed by atoms with Crippen LogP contribution in [0.25, 0.3) is 0 Å². The van der Waals surface area contributed by atoms with Crippen molar-refractivity contribution in [3.63, 3.8) is 0 Å². The molecule has 0 radical (unpaired) electrons. The lowest BCUT2D eigenvalue weighted by atomic mass is 9.90. The Labute approximate surface area is 93.9 Å². The van der Waals surface area contributed by atoms with Gasteiger partial charge in [-0.15, -0.1) is 0 Å². The van der Waals surface area contributed by atoms with Gasteiger partial charge in [0.05, 0.1) is 5.41 Å². The largest absolute Gasteiger partial charge is 0.481 e. The molecule has 0 heterocycles. The first-order valence-corrected chi connectivity index (χ1v) is 5.36. The van der Waals surface area contributed by atoms with Crippen LogP contribution in [-0.2, 0) is 10.2 Å². The van der Waals surface area contributed by atoms with Gasteiger partial charge in [0.1, 0.15) is 0 Å². The minimum atomic E-state index is -0.729. The fourth-order valence-electron chi connectivity index (χ4n) is 2.04. The Balaban J connectivity index is 2.58. The van der Waals surface area contributed by atoms with Crippen LogP contribution in [0.5, 0.6) is 0 Å². The third-order valence-corrected chi connectivity index (χ3v) is 3.53. The maximum absolute atomic E-state index is 11.2. The zero-order chi connectivity index (χ0) is 11.2. The van der Waals surface area contributed by atoms with Gasteiger partial charge in [0.25, 0.3) is 0 Å². The molecule has 0 unspecified atom stereocenters. The molecule has 1 aliphatic rings. The lowest BCUT2D eigenvalue weighted by molar-refractivity contribution is -0.140. The van der Waals surface area contributed by atoms with Crippen LogP contribution in [0.1, 0.15) is 29.5 Å². The quantitative estimate of drug-likeness (QED) is 0.838. The molecular formula is C12H13ClO2. The summed E-state index contributed by atoms with van der Waals surface area (Å²) in [5.41, 5.74) is 2.35. The van der Waals surface area contributed by atoms with E-state index in [9.17, 15) is 9.90 Å². The Morgan fingerprint density at radius 2 is 2.00 bits per heavy atom. The second-order valence-electron chi connectivity index (χ2n) is 4.28. The van der Waals surface area contributed by atoms with Crippen LogP contribution >= 0.6 is 11.6 Å². The standard InChI is InChI=1S/C12H13ClO2/c1-7-5-9(13)6-10(8(7)2)12(3-4-12)11(14)15/h5-6H,3-4H2,1-2H3,(H,14,15). The highest BCUT2D eigenvalue weighted by Crippen LogP contribution is 2.50. The predicted molar refractivity (Wildman–Crippen MR) is 59.5 cm³/mol. The first kappa shape index (κ1) is 10.5. The molecule has 1 fully saturated rings. The average molecular weight is 225 g/mol. The fraction of sp³-hybridized carbons (Fsp3) is 0.417. The average Bonchev–Trinajstić information content (AvgIpc) is 2.91. The topological polar surface area (TPSA) is 37.3 Å². The van der Waals surface area contributed by atoms with E-state index in [1.165, 1.54) is 0 Å². The molecule has 0 amide bonds. The van der Waals surface area contributed by atoms with Crippen LogP contribution < -0.4 is 0 Å². The fourth-order valence-corrected chi connectivity index (χ4v) is 2.31. The highest BCUT2D eigenvalue weighted by Gasteiger charge is 2.52. The van der Waals surface area contributed by atoms with Crippen molar-refractivity contribution in [1.82, 2.24) is 0 Å². The summed E-state index contributed by atoms with van der Waals surface area (Å²) in [5, 5.41) is 9.85. The van der Waals surface area contributed by atoms with E-state index in [4.69, 9.17) is 11.6 Å². The van der Waals surface area contributed by atoms with E-state index in [-0.39, 0.29) is 0 Å². The molecule has 0 bridgehead atoms. The molecule has 0 saturated heterocycles. The van der Waals surface area contributed by atoms with Gasteiger partial charge in [-0.05, 0) is 55.5 Å². The number of rotatable bonds is 2. The summed E-state index contributed by atoms with van der Waals surface area (Å²) in [6, 6.07) is 3.67. The number of carbonyl (C=O) groups is 1. The summed E-state index contributed by atoms with van der Waals surface area (Å²) in [5.74, 6) is -0.729. The molecule has 1 saturated carbocycles. The van der Waals surface area contributed by atoms with E-state index < -0.39 is 11.4 Å². The maximum atomic E-state index is 11.2. The molecule has 0 aliphatic heterocycles. The third kappa shape index (κ3) is 1.53. The lowest BCUT2D eigenvalue weighted by Gasteiger charge is -2.15. The normalized spacial score (nSPS) is 17.5. The molecule has 1 N–H and O–H groups in total. The SMILES string of the molecule is Cc1cc(Cl)cc(C2(C(=O)O)CC2)c1C. The molecule has 1 aromatic carbocycles. The highest BCUT2D eigenvalue weighted by molar-refractivity contribution is 6.30. The van der Waals surface area contributed by atoms with E-state index in [1.54, 1.807) is 6.07 Å². The first-order valence-electron chi connectivity index (χ1n) is 4.98. The minimum absolute atomic E-state index is 0.626. The molecule has 2 rings (SSSR count). The van der Waals surface area contributed by atoms with Gasteiger partial charge < -0.3 is 5.11 Å². The van der Waals surface area contributed by atoms with Gasteiger partial charge in [-0.1, -0.05) is 11.6 Å². The zero-order valence-electron chi connectivity index (χ0n) is 8.80. The molecular weight excluding hydrogens is 212 g/mol. The number of aliphatic carboxylic acids is 1. The molecule has 0 spiro atoms. The van der Waals surface area contributed by atoms with Crippen LogP contribution in [0.3, 0.4) is 0 Å². The van der Waals surface area contributed by atoms with Gasteiger partial charge >= 0.3 is 5.97 Å². The van der Waals surface area contributed by atoms with Gasteiger partial charge in [0.15, 0.2) is 0 Å². The summed E-state index contributed by atoms with van der Waals surface area (Å²) < 4.78 is 0. The molecule has 15 heavy (non-hydrogen) atoms. The Kier molecular flexibility index (Phi) is 2.27. The number of carboxylic acid groups (broad SMARTS) is 1. The maximum Gasteiger partial charge on any atom is 0.314 e. The van der Waals surface area contributed by atoms with Gasteiger partial charge in [0.2, 0.25) is 0 Å². The zero-order valence-corrected chi connectivity index (χ0v) is 9.56. The van der Waals surface area contributed by atoms with Crippen LogP contribution in [0.4, 0.5) is 0 Å². The van der Waals surface area contributed by atoms with E-state index in [1.807, 2.05) is 19.9 Å². The molecule has 1 aliphatic carbocycles. The summed E-state index contributed by atoms with van der Waals surface area (Å²) in [6.45, 7) is 3.92. The lowest BCUT2D eigenvalue weighted by Crippen LogP contribution is -2.21. The van der Waals surface area contributed by atoms with Crippen molar-refractivity contribution < 1.29 is 9.90 Å². The van der Waals surface area contributed by atoms with Crippen LogP contribution in [0.2, 0.25) is 5.02 Å². The number of aryl methyl sites for hydroxylation is 1.